The summed E-state index contributed by atoms with van der Waals surface area (Å²) in [5.74, 6) is -0.911. The molecule has 7 heteroatoms. The summed E-state index contributed by atoms with van der Waals surface area (Å²) in [5, 5.41) is 3.92. The van der Waals surface area contributed by atoms with Crippen LogP contribution in [0.2, 0.25) is 5.02 Å². The van der Waals surface area contributed by atoms with Crippen molar-refractivity contribution < 1.29 is 13.5 Å². The van der Waals surface area contributed by atoms with E-state index in [2.05, 4.69) is 5.10 Å². The highest BCUT2D eigenvalue weighted by atomic mass is 35.5. The van der Waals surface area contributed by atoms with E-state index in [1.165, 1.54) is 25.3 Å². The van der Waals surface area contributed by atoms with Gasteiger partial charge < -0.3 is 9.15 Å². The van der Waals surface area contributed by atoms with Gasteiger partial charge in [0.15, 0.2) is 0 Å². The molecule has 0 spiro atoms. The van der Waals surface area contributed by atoms with Gasteiger partial charge in [-0.05, 0) is 17.7 Å². The molecule has 0 bridgehead atoms. The van der Waals surface area contributed by atoms with Gasteiger partial charge in [-0.25, -0.2) is 9.18 Å². The lowest BCUT2D eigenvalue weighted by Gasteiger charge is -2.01. The number of hydrogen-bond acceptors (Lipinski definition) is 4. The number of ether oxygens (including phenoxy) is 1. The van der Waals surface area contributed by atoms with E-state index >= 15 is 0 Å². The van der Waals surface area contributed by atoms with Crippen molar-refractivity contribution in [2.75, 3.05) is 7.11 Å². The smallest absolute Gasteiger partial charge is 0.390 e. The molecule has 0 atom stereocenters. The summed E-state index contributed by atoms with van der Waals surface area (Å²) in [6.45, 7) is 0.276. The predicted molar refractivity (Wildman–Crippen MR) is 62.0 cm³/mol. The average Bonchev–Trinajstić information content (AvgIpc) is 2.65. The largest absolute Gasteiger partial charge is 0.437 e. The first kappa shape index (κ1) is 12.8. The number of halogens is 2. The topological polar surface area (TPSA) is 57.3 Å². The van der Waals surface area contributed by atoms with E-state index in [9.17, 15) is 9.18 Å². The third-order valence-corrected chi connectivity index (χ3v) is 2.52. The van der Waals surface area contributed by atoms with Gasteiger partial charge in [-0.15, -0.1) is 5.10 Å². The van der Waals surface area contributed by atoms with Crippen LogP contribution >= 0.6 is 11.6 Å². The fraction of sp³-hybridized carbons (Fsp3) is 0.273. The molecular weight excluding hydrogens is 263 g/mol. The molecule has 0 amide bonds. The van der Waals surface area contributed by atoms with Crippen molar-refractivity contribution in [3.05, 3.63) is 51.0 Å². The van der Waals surface area contributed by atoms with Crippen molar-refractivity contribution in [2.24, 2.45) is 0 Å². The molecule has 1 heterocycles. The fourth-order valence-electron chi connectivity index (χ4n) is 1.44. The minimum atomic E-state index is -0.595. The number of rotatable bonds is 4. The highest BCUT2D eigenvalue weighted by Crippen LogP contribution is 2.16. The van der Waals surface area contributed by atoms with E-state index in [0.717, 1.165) is 4.68 Å². The first-order valence-corrected chi connectivity index (χ1v) is 5.47. The third-order valence-electron chi connectivity index (χ3n) is 2.23. The van der Waals surface area contributed by atoms with E-state index in [-0.39, 0.29) is 24.1 Å². The van der Waals surface area contributed by atoms with Crippen molar-refractivity contribution in [1.82, 2.24) is 9.78 Å². The summed E-state index contributed by atoms with van der Waals surface area (Å²) in [5.41, 5.74) is 0.653. The number of aromatic nitrogens is 2. The van der Waals surface area contributed by atoms with Gasteiger partial charge in [0.25, 0.3) is 0 Å². The lowest BCUT2D eigenvalue weighted by atomic mass is 10.2. The van der Waals surface area contributed by atoms with Crippen LogP contribution in [-0.4, -0.2) is 16.9 Å². The molecule has 2 aromatic rings. The SMILES string of the molecule is COCc1nn(Cc2ccc(F)c(Cl)c2)c(=O)o1. The maximum absolute atomic E-state index is 13.0. The van der Waals surface area contributed by atoms with Gasteiger partial charge in [0.2, 0.25) is 5.89 Å². The monoisotopic (exact) mass is 272 g/mol. The number of methoxy groups -OCH3 is 1. The molecule has 0 saturated heterocycles. The summed E-state index contributed by atoms with van der Waals surface area (Å²) in [6, 6.07) is 4.20. The van der Waals surface area contributed by atoms with Crippen molar-refractivity contribution in [3.8, 4) is 0 Å². The van der Waals surface area contributed by atoms with E-state index in [4.69, 9.17) is 20.8 Å². The van der Waals surface area contributed by atoms with Crippen LogP contribution < -0.4 is 5.76 Å². The minimum absolute atomic E-state index is 0.00107. The van der Waals surface area contributed by atoms with Crippen LogP contribution in [0.25, 0.3) is 0 Å². The normalized spacial score (nSPS) is 10.8. The zero-order valence-electron chi connectivity index (χ0n) is 9.52. The van der Waals surface area contributed by atoms with Crippen molar-refractivity contribution >= 4 is 11.6 Å². The quantitative estimate of drug-likeness (QED) is 0.852. The molecule has 0 aliphatic heterocycles. The molecule has 1 aromatic carbocycles. The number of nitrogens with zero attached hydrogens (tertiary/aromatic N) is 2. The molecule has 18 heavy (non-hydrogen) atoms. The molecule has 0 aliphatic carbocycles. The Hall–Kier alpha value is -1.66. The maximum Gasteiger partial charge on any atom is 0.437 e. The molecule has 0 fully saturated rings. The molecule has 96 valence electrons. The van der Waals surface area contributed by atoms with Crippen LogP contribution in [0.5, 0.6) is 0 Å². The van der Waals surface area contributed by atoms with E-state index in [1.54, 1.807) is 0 Å². The second-order valence-corrected chi connectivity index (χ2v) is 4.01. The molecule has 0 N–H and O–H groups in total. The number of benzene rings is 1. The Bertz CT molecular complexity index is 609. The van der Waals surface area contributed by atoms with Crippen LogP contribution in [0.15, 0.2) is 27.4 Å². The van der Waals surface area contributed by atoms with Crippen molar-refractivity contribution in [1.29, 1.82) is 0 Å². The Balaban J connectivity index is 2.22. The highest BCUT2D eigenvalue weighted by molar-refractivity contribution is 6.30. The molecule has 0 aliphatic rings. The summed E-state index contributed by atoms with van der Waals surface area (Å²) in [6.07, 6.45) is 0. The van der Waals surface area contributed by atoms with Gasteiger partial charge >= 0.3 is 5.76 Å². The second kappa shape index (κ2) is 5.32. The Morgan fingerprint density at radius 2 is 2.33 bits per heavy atom. The molecule has 1 aromatic heterocycles. The minimum Gasteiger partial charge on any atom is -0.390 e. The van der Waals surface area contributed by atoms with Gasteiger partial charge in [0.05, 0.1) is 11.6 Å². The zero-order valence-corrected chi connectivity index (χ0v) is 10.3. The summed E-state index contributed by atoms with van der Waals surface area (Å²) in [4.78, 5) is 11.4. The first-order chi connectivity index (χ1) is 8.60. The van der Waals surface area contributed by atoms with E-state index in [0.29, 0.717) is 5.56 Å². The van der Waals surface area contributed by atoms with Gasteiger partial charge in [-0.2, -0.15) is 4.68 Å². The molecule has 2 rings (SSSR count). The van der Waals surface area contributed by atoms with Crippen LogP contribution in [0.3, 0.4) is 0 Å². The average molecular weight is 273 g/mol. The maximum atomic E-state index is 13.0. The van der Waals surface area contributed by atoms with Gasteiger partial charge in [-0.3, -0.25) is 0 Å². The van der Waals surface area contributed by atoms with E-state index < -0.39 is 11.6 Å². The molecule has 0 saturated carbocycles. The van der Waals surface area contributed by atoms with Crippen LogP contribution in [0.1, 0.15) is 11.5 Å². The Morgan fingerprint density at radius 3 is 3.00 bits per heavy atom. The second-order valence-electron chi connectivity index (χ2n) is 3.60. The third kappa shape index (κ3) is 2.77. The molecular formula is C11H10ClFN2O3. The Morgan fingerprint density at radius 1 is 1.56 bits per heavy atom. The summed E-state index contributed by atoms with van der Waals surface area (Å²) < 4.78 is 23.7. The lowest BCUT2D eigenvalue weighted by molar-refractivity contribution is 0.158. The van der Waals surface area contributed by atoms with Crippen LogP contribution in [0, 0.1) is 5.82 Å². The van der Waals surface area contributed by atoms with Gasteiger partial charge in [0, 0.05) is 7.11 Å². The molecule has 0 unspecified atom stereocenters. The molecule has 5 nitrogen and oxygen atoms in total. The van der Waals surface area contributed by atoms with Gasteiger partial charge in [0.1, 0.15) is 12.4 Å². The first-order valence-electron chi connectivity index (χ1n) is 5.10. The van der Waals surface area contributed by atoms with Crippen LogP contribution in [-0.2, 0) is 17.9 Å². The standard InChI is InChI=1S/C11H10ClFN2O3/c1-17-6-10-14-15(11(16)18-10)5-7-2-3-9(13)8(12)4-7/h2-4H,5-6H2,1H3. The fourth-order valence-corrected chi connectivity index (χ4v) is 1.65. The van der Waals surface area contributed by atoms with E-state index in [1.807, 2.05) is 0 Å². The van der Waals surface area contributed by atoms with Crippen LogP contribution in [0.4, 0.5) is 4.39 Å². The zero-order chi connectivity index (χ0) is 13.1. The predicted octanol–water partition coefficient (Wildman–Crippen LogP) is 1.82. The van der Waals surface area contributed by atoms with Crippen molar-refractivity contribution in [2.45, 2.75) is 13.2 Å². The summed E-state index contributed by atoms with van der Waals surface area (Å²) in [7, 11) is 1.47. The van der Waals surface area contributed by atoms with Gasteiger partial charge in [-0.1, -0.05) is 17.7 Å². The highest BCUT2D eigenvalue weighted by Gasteiger charge is 2.09. The molecule has 0 radical (unpaired) electrons. The Kier molecular flexibility index (Phi) is 3.78. The van der Waals surface area contributed by atoms with Crippen molar-refractivity contribution in [3.63, 3.8) is 0 Å². The Labute approximate surface area is 107 Å². The lowest BCUT2D eigenvalue weighted by Crippen LogP contribution is -2.16. The number of hydrogen-bond donors (Lipinski definition) is 0. The summed E-state index contributed by atoms with van der Waals surface area (Å²) >= 11 is 5.65.